The molecule has 0 aromatic heterocycles. The van der Waals surface area contributed by atoms with E-state index in [1.54, 1.807) is 78.9 Å². The smallest absolute Gasteiger partial charge is 0.177 e. The Bertz CT molecular complexity index is 948. The van der Waals surface area contributed by atoms with Crippen molar-refractivity contribution in [2.75, 3.05) is 0 Å². The highest BCUT2D eigenvalue weighted by Gasteiger charge is 2.30. The molecule has 0 amide bonds. The standard InChI is InChI=1S/C23H17ClO3/c24-19-13-11-18(12-14-19)23(27)22(17-9-5-2-6-10-17)21(26)15-20(25)16-7-3-1-4-8-16/h1-14,22H,15H2/t22-/m1/s1. The highest BCUT2D eigenvalue weighted by atomic mass is 35.5. The van der Waals surface area contributed by atoms with Crippen LogP contribution < -0.4 is 0 Å². The summed E-state index contributed by atoms with van der Waals surface area (Å²) in [6, 6.07) is 23.8. The van der Waals surface area contributed by atoms with Gasteiger partial charge in [-0.25, -0.2) is 0 Å². The van der Waals surface area contributed by atoms with Crippen molar-refractivity contribution in [1.29, 1.82) is 0 Å². The predicted molar refractivity (Wildman–Crippen MR) is 105 cm³/mol. The van der Waals surface area contributed by atoms with Gasteiger partial charge in [-0.2, -0.15) is 0 Å². The fourth-order valence-corrected chi connectivity index (χ4v) is 3.02. The molecule has 0 fully saturated rings. The number of benzene rings is 3. The molecule has 3 aromatic rings. The molecule has 3 aromatic carbocycles. The van der Waals surface area contributed by atoms with Crippen molar-refractivity contribution in [3.63, 3.8) is 0 Å². The van der Waals surface area contributed by atoms with Crippen LogP contribution in [0.5, 0.6) is 0 Å². The first kappa shape index (κ1) is 18.7. The minimum atomic E-state index is -1.03. The van der Waals surface area contributed by atoms with Crippen molar-refractivity contribution >= 4 is 29.0 Å². The summed E-state index contributed by atoms with van der Waals surface area (Å²) in [6.45, 7) is 0. The average molecular weight is 377 g/mol. The number of halogens is 1. The maximum Gasteiger partial charge on any atom is 0.177 e. The molecule has 0 aliphatic heterocycles. The lowest BCUT2D eigenvalue weighted by Gasteiger charge is -2.15. The first-order valence-electron chi connectivity index (χ1n) is 8.52. The van der Waals surface area contributed by atoms with Crippen molar-refractivity contribution < 1.29 is 14.4 Å². The number of hydrogen-bond donors (Lipinski definition) is 0. The van der Waals surface area contributed by atoms with E-state index in [2.05, 4.69) is 0 Å². The van der Waals surface area contributed by atoms with Gasteiger partial charge in [0.25, 0.3) is 0 Å². The molecular weight excluding hydrogens is 360 g/mol. The largest absolute Gasteiger partial charge is 0.298 e. The lowest BCUT2D eigenvalue weighted by atomic mass is 9.85. The normalized spacial score (nSPS) is 11.6. The minimum Gasteiger partial charge on any atom is -0.298 e. The van der Waals surface area contributed by atoms with Crippen LogP contribution in [0.2, 0.25) is 5.02 Å². The van der Waals surface area contributed by atoms with E-state index in [9.17, 15) is 14.4 Å². The minimum absolute atomic E-state index is 0.301. The van der Waals surface area contributed by atoms with Gasteiger partial charge >= 0.3 is 0 Å². The SMILES string of the molecule is O=C(CC(=O)[C@H](C(=O)c1ccc(Cl)cc1)c1ccccc1)c1ccccc1. The monoisotopic (exact) mass is 376 g/mol. The third-order valence-corrected chi connectivity index (χ3v) is 4.53. The summed E-state index contributed by atoms with van der Waals surface area (Å²) in [5.74, 6) is -2.09. The van der Waals surface area contributed by atoms with Gasteiger partial charge in [0, 0.05) is 16.1 Å². The number of Topliss-reactive ketones (excluding diaryl/α,β-unsaturated/α-hetero) is 3. The molecule has 0 spiro atoms. The molecule has 3 rings (SSSR count). The van der Waals surface area contributed by atoms with Crippen LogP contribution in [0.15, 0.2) is 84.9 Å². The Hall–Kier alpha value is -3.04. The molecule has 0 N–H and O–H groups in total. The van der Waals surface area contributed by atoms with E-state index in [-0.39, 0.29) is 18.0 Å². The zero-order chi connectivity index (χ0) is 19.2. The van der Waals surface area contributed by atoms with Crippen molar-refractivity contribution in [1.82, 2.24) is 0 Å². The first-order valence-corrected chi connectivity index (χ1v) is 8.90. The molecule has 1 atom stereocenters. The highest BCUT2D eigenvalue weighted by Crippen LogP contribution is 2.25. The Kier molecular flexibility index (Phi) is 5.94. The van der Waals surface area contributed by atoms with E-state index in [1.807, 2.05) is 6.07 Å². The third-order valence-electron chi connectivity index (χ3n) is 4.28. The van der Waals surface area contributed by atoms with Gasteiger partial charge in [-0.05, 0) is 29.8 Å². The second-order valence-electron chi connectivity index (χ2n) is 6.15. The molecule has 0 heterocycles. The summed E-state index contributed by atoms with van der Waals surface area (Å²) >= 11 is 5.89. The Morgan fingerprint density at radius 1 is 0.704 bits per heavy atom. The van der Waals surface area contributed by atoms with E-state index in [4.69, 9.17) is 11.6 Å². The summed E-state index contributed by atoms with van der Waals surface area (Å²) < 4.78 is 0. The summed E-state index contributed by atoms with van der Waals surface area (Å²) in [4.78, 5) is 38.4. The third kappa shape index (κ3) is 4.57. The quantitative estimate of drug-likeness (QED) is 0.423. The Morgan fingerprint density at radius 2 is 1.26 bits per heavy atom. The van der Waals surface area contributed by atoms with Gasteiger partial charge in [0.2, 0.25) is 0 Å². The van der Waals surface area contributed by atoms with E-state index in [0.717, 1.165) is 0 Å². The van der Waals surface area contributed by atoms with Crippen LogP contribution in [-0.2, 0) is 4.79 Å². The molecule has 3 nitrogen and oxygen atoms in total. The van der Waals surface area contributed by atoms with E-state index in [1.165, 1.54) is 0 Å². The first-order chi connectivity index (χ1) is 13.1. The molecule has 0 unspecified atom stereocenters. The van der Waals surface area contributed by atoms with Crippen molar-refractivity contribution in [2.24, 2.45) is 0 Å². The molecule has 134 valence electrons. The van der Waals surface area contributed by atoms with Crippen molar-refractivity contribution in [3.05, 3.63) is 107 Å². The van der Waals surface area contributed by atoms with Crippen LogP contribution in [0, 0.1) is 0 Å². The van der Waals surface area contributed by atoms with E-state index >= 15 is 0 Å². The highest BCUT2D eigenvalue weighted by molar-refractivity contribution is 6.30. The topological polar surface area (TPSA) is 51.2 Å². The summed E-state index contributed by atoms with van der Waals surface area (Å²) in [7, 11) is 0. The number of carbonyl (C=O) groups is 3. The zero-order valence-corrected chi connectivity index (χ0v) is 15.2. The molecule has 27 heavy (non-hydrogen) atoms. The molecule has 4 heteroatoms. The maximum atomic E-state index is 13.0. The fraction of sp³-hybridized carbons (Fsp3) is 0.0870. The lowest BCUT2D eigenvalue weighted by Crippen LogP contribution is -2.24. The van der Waals surface area contributed by atoms with Gasteiger partial charge in [-0.3, -0.25) is 14.4 Å². The Labute approximate surface area is 162 Å². The zero-order valence-electron chi connectivity index (χ0n) is 14.5. The summed E-state index contributed by atoms with van der Waals surface area (Å²) in [5, 5.41) is 0.508. The van der Waals surface area contributed by atoms with E-state index < -0.39 is 11.7 Å². The summed E-state index contributed by atoms with van der Waals surface area (Å²) in [5.41, 5.74) is 1.41. The number of rotatable bonds is 7. The Balaban J connectivity index is 1.90. The molecule has 0 saturated heterocycles. The second kappa shape index (κ2) is 8.56. The molecule has 0 radical (unpaired) electrons. The molecule has 0 bridgehead atoms. The Morgan fingerprint density at radius 3 is 1.85 bits per heavy atom. The van der Waals surface area contributed by atoms with Gasteiger partial charge in [-0.15, -0.1) is 0 Å². The van der Waals surface area contributed by atoms with Gasteiger partial charge < -0.3 is 0 Å². The number of ketones is 3. The van der Waals surface area contributed by atoms with E-state index in [0.29, 0.717) is 21.7 Å². The van der Waals surface area contributed by atoms with Crippen molar-refractivity contribution in [3.8, 4) is 0 Å². The van der Waals surface area contributed by atoms with Crippen LogP contribution >= 0.6 is 11.6 Å². The molecule has 0 aliphatic carbocycles. The lowest BCUT2D eigenvalue weighted by molar-refractivity contribution is -0.118. The fourth-order valence-electron chi connectivity index (χ4n) is 2.90. The van der Waals surface area contributed by atoms with Crippen LogP contribution in [0.3, 0.4) is 0 Å². The van der Waals surface area contributed by atoms with Crippen LogP contribution in [0.1, 0.15) is 38.6 Å². The van der Waals surface area contributed by atoms with Crippen LogP contribution in [0.4, 0.5) is 0 Å². The van der Waals surface area contributed by atoms with Gasteiger partial charge in [0.1, 0.15) is 5.92 Å². The molecular formula is C23H17ClO3. The number of carbonyl (C=O) groups excluding carboxylic acids is 3. The average Bonchev–Trinajstić information content (AvgIpc) is 2.70. The van der Waals surface area contributed by atoms with Crippen LogP contribution in [0.25, 0.3) is 0 Å². The van der Waals surface area contributed by atoms with Crippen molar-refractivity contribution in [2.45, 2.75) is 12.3 Å². The molecule has 0 saturated carbocycles. The van der Waals surface area contributed by atoms with Gasteiger partial charge in [0.15, 0.2) is 17.3 Å². The van der Waals surface area contributed by atoms with Gasteiger partial charge in [-0.1, -0.05) is 72.3 Å². The maximum absolute atomic E-state index is 13.0. The second-order valence-corrected chi connectivity index (χ2v) is 6.58. The number of hydrogen-bond acceptors (Lipinski definition) is 3. The predicted octanol–water partition coefficient (Wildman–Crippen LogP) is 5.15. The van der Waals surface area contributed by atoms with Crippen LogP contribution in [-0.4, -0.2) is 17.3 Å². The summed E-state index contributed by atoms with van der Waals surface area (Å²) in [6.07, 6.45) is -0.330. The molecule has 0 aliphatic rings. The van der Waals surface area contributed by atoms with Gasteiger partial charge in [0.05, 0.1) is 6.42 Å².